The minimum atomic E-state index is -0.877. The number of ether oxygens (including phenoxy) is 2. The lowest BCUT2D eigenvalue weighted by Gasteiger charge is -2.23. The van der Waals surface area contributed by atoms with E-state index in [1.165, 1.54) is 11.2 Å². The predicted molar refractivity (Wildman–Crippen MR) is 132 cm³/mol. The number of nitrogens with zero attached hydrogens (tertiary/aromatic N) is 1. The van der Waals surface area contributed by atoms with Crippen molar-refractivity contribution < 1.29 is 28.6 Å². The number of amides is 1. The Bertz CT molecular complexity index is 1230. The molecule has 182 valence electrons. The minimum Gasteiger partial charge on any atom is -0.507 e. The van der Waals surface area contributed by atoms with Crippen LogP contribution in [0.4, 0.5) is 0 Å². The van der Waals surface area contributed by atoms with Gasteiger partial charge in [0.1, 0.15) is 29.1 Å². The smallest absolute Gasteiger partial charge is 0.295 e. The van der Waals surface area contributed by atoms with E-state index in [1.807, 2.05) is 26.0 Å². The van der Waals surface area contributed by atoms with Gasteiger partial charge < -0.3 is 23.9 Å². The molecule has 2 heterocycles. The van der Waals surface area contributed by atoms with E-state index < -0.39 is 17.7 Å². The molecular formula is C27H26ClNO6. The van der Waals surface area contributed by atoms with Gasteiger partial charge in [-0.3, -0.25) is 9.59 Å². The second-order valence-electron chi connectivity index (χ2n) is 7.91. The van der Waals surface area contributed by atoms with Crippen molar-refractivity contribution in [3.05, 3.63) is 88.3 Å². The number of halogens is 1. The monoisotopic (exact) mass is 495 g/mol. The Morgan fingerprint density at radius 3 is 2.46 bits per heavy atom. The molecule has 0 bridgehead atoms. The van der Waals surface area contributed by atoms with Crippen LogP contribution in [-0.2, 0) is 16.0 Å². The van der Waals surface area contributed by atoms with E-state index in [0.29, 0.717) is 47.5 Å². The number of rotatable bonds is 9. The molecule has 1 atom stereocenters. The molecule has 1 unspecified atom stereocenters. The van der Waals surface area contributed by atoms with Crippen LogP contribution in [0.2, 0.25) is 5.02 Å². The van der Waals surface area contributed by atoms with Crippen molar-refractivity contribution in [1.82, 2.24) is 4.90 Å². The maximum absolute atomic E-state index is 13.2. The van der Waals surface area contributed by atoms with E-state index in [1.54, 1.807) is 42.5 Å². The lowest BCUT2D eigenvalue weighted by Crippen LogP contribution is -2.31. The number of hydrogen-bond acceptors (Lipinski definition) is 6. The Morgan fingerprint density at radius 1 is 1.06 bits per heavy atom. The van der Waals surface area contributed by atoms with Crippen LogP contribution in [0.5, 0.6) is 11.5 Å². The molecule has 0 aliphatic carbocycles. The number of hydrogen-bond donors (Lipinski definition) is 1. The number of carbonyl (C=O) groups excluding carboxylic acids is 2. The summed E-state index contributed by atoms with van der Waals surface area (Å²) in [6.45, 7) is 4.73. The predicted octanol–water partition coefficient (Wildman–Crippen LogP) is 5.39. The third-order valence-corrected chi connectivity index (χ3v) is 5.98. The number of benzene rings is 2. The first-order chi connectivity index (χ1) is 16.9. The van der Waals surface area contributed by atoms with E-state index in [9.17, 15) is 14.7 Å². The maximum Gasteiger partial charge on any atom is 0.295 e. The van der Waals surface area contributed by atoms with Gasteiger partial charge in [0.25, 0.3) is 11.7 Å². The van der Waals surface area contributed by atoms with Crippen molar-refractivity contribution in [3.8, 4) is 11.5 Å². The zero-order valence-corrected chi connectivity index (χ0v) is 20.2. The molecule has 7 nitrogen and oxygen atoms in total. The quantitative estimate of drug-likeness (QED) is 0.243. The summed E-state index contributed by atoms with van der Waals surface area (Å²) in [6.07, 6.45) is 1.96. The fourth-order valence-corrected chi connectivity index (χ4v) is 4.25. The Hall–Kier alpha value is -3.71. The van der Waals surface area contributed by atoms with E-state index in [-0.39, 0.29) is 17.9 Å². The highest BCUT2D eigenvalue weighted by Gasteiger charge is 2.47. The van der Waals surface area contributed by atoms with Crippen LogP contribution >= 0.6 is 11.6 Å². The molecule has 35 heavy (non-hydrogen) atoms. The van der Waals surface area contributed by atoms with Crippen LogP contribution in [0.1, 0.15) is 36.8 Å². The molecule has 0 saturated carbocycles. The van der Waals surface area contributed by atoms with Gasteiger partial charge in [-0.25, -0.2) is 0 Å². The second-order valence-corrected chi connectivity index (χ2v) is 8.34. The number of ketones is 1. The number of Topliss-reactive ketones (excluding diaryl/α,β-unsaturated/α-hetero) is 1. The molecule has 1 fully saturated rings. The van der Waals surface area contributed by atoms with Gasteiger partial charge in [-0.2, -0.15) is 0 Å². The number of aliphatic hydroxyl groups excluding tert-OH is 1. The molecule has 1 amide bonds. The van der Waals surface area contributed by atoms with Crippen molar-refractivity contribution in [2.75, 3.05) is 19.8 Å². The largest absolute Gasteiger partial charge is 0.507 e. The minimum absolute atomic E-state index is 0.0498. The van der Waals surface area contributed by atoms with Crippen molar-refractivity contribution in [2.24, 2.45) is 0 Å². The van der Waals surface area contributed by atoms with Crippen LogP contribution in [0.3, 0.4) is 0 Å². The normalized spacial score (nSPS) is 17.1. The highest BCUT2D eigenvalue weighted by molar-refractivity contribution is 6.46. The summed E-state index contributed by atoms with van der Waals surface area (Å²) < 4.78 is 16.9. The number of furan rings is 1. The van der Waals surface area contributed by atoms with Gasteiger partial charge in [-0.05, 0) is 62.2 Å². The summed E-state index contributed by atoms with van der Waals surface area (Å²) in [6, 6.07) is 14.7. The fraction of sp³-hybridized carbons (Fsp3) is 0.259. The molecular weight excluding hydrogens is 470 g/mol. The molecule has 1 saturated heterocycles. The van der Waals surface area contributed by atoms with Gasteiger partial charge in [-0.15, -0.1) is 0 Å². The molecule has 2 aromatic carbocycles. The molecule has 1 N–H and O–H groups in total. The summed E-state index contributed by atoms with van der Waals surface area (Å²) in [5, 5.41) is 12.0. The average Bonchev–Trinajstić information content (AvgIpc) is 3.46. The summed E-state index contributed by atoms with van der Waals surface area (Å²) in [7, 11) is 0. The van der Waals surface area contributed by atoms with Crippen LogP contribution in [0.15, 0.2) is 70.9 Å². The first-order valence-electron chi connectivity index (χ1n) is 11.4. The number of carbonyl (C=O) groups is 2. The summed E-state index contributed by atoms with van der Waals surface area (Å²) >= 11 is 5.97. The molecule has 4 rings (SSSR count). The van der Waals surface area contributed by atoms with Gasteiger partial charge in [0, 0.05) is 17.6 Å². The van der Waals surface area contributed by atoms with Gasteiger partial charge in [-0.1, -0.05) is 23.7 Å². The second kappa shape index (κ2) is 10.7. The van der Waals surface area contributed by atoms with E-state index >= 15 is 0 Å². The molecule has 1 aromatic heterocycles. The summed E-state index contributed by atoms with van der Waals surface area (Å²) in [5.41, 5.74) is 1.20. The molecule has 1 aliphatic heterocycles. The van der Waals surface area contributed by atoms with E-state index in [4.69, 9.17) is 25.5 Å². The van der Waals surface area contributed by atoms with Crippen molar-refractivity contribution >= 4 is 29.1 Å². The van der Waals surface area contributed by atoms with Crippen molar-refractivity contribution in [1.29, 1.82) is 0 Å². The lowest BCUT2D eigenvalue weighted by molar-refractivity contribution is -0.140. The third kappa shape index (κ3) is 5.05. The van der Waals surface area contributed by atoms with Crippen LogP contribution in [0, 0.1) is 0 Å². The van der Waals surface area contributed by atoms with Crippen molar-refractivity contribution in [3.63, 3.8) is 0 Å². The number of aliphatic hydroxyl groups is 1. The van der Waals surface area contributed by atoms with Crippen LogP contribution < -0.4 is 9.47 Å². The van der Waals surface area contributed by atoms with Crippen LogP contribution in [0.25, 0.3) is 5.76 Å². The van der Waals surface area contributed by atoms with Gasteiger partial charge >= 0.3 is 0 Å². The fourth-order valence-electron chi connectivity index (χ4n) is 4.13. The Morgan fingerprint density at radius 2 is 1.80 bits per heavy atom. The molecule has 1 aliphatic rings. The zero-order chi connectivity index (χ0) is 24.9. The average molecular weight is 496 g/mol. The van der Waals surface area contributed by atoms with Gasteiger partial charge in [0.05, 0.1) is 30.6 Å². The standard InChI is InChI=1S/C27H26ClNO6/c1-3-33-19-11-12-20(22(16-19)34-4-2)25(30)23-24(21-6-5-15-35-21)29(27(32)26(23)31)14-13-17-7-9-18(28)10-8-17/h5-12,15-16,24,30H,3-4,13-14H2,1-2H3/b25-23-. The van der Waals surface area contributed by atoms with Crippen LogP contribution in [-0.4, -0.2) is 41.5 Å². The lowest BCUT2D eigenvalue weighted by atomic mass is 9.98. The Kier molecular flexibility index (Phi) is 7.46. The molecule has 0 spiro atoms. The molecule has 3 aromatic rings. The number of likely N-dealkylation sites (tertiary alicyclic amines) is 1. The first-order valence-corrected chi connectivity index (χ1v) is 11.8. The SMILES string of the molecule is CCOc1ccc(/C(O)=C2/C(=O)C(=O)N(CCc3ccc(Cl)cc3)C2c2ccco2)c(OCC)c1. The topological polar surface area (TPSA) is 89.2 Å². The first kappa shape index (κ1) is 24.4. The highest BCUT2D eigenvalue weighted by atomic mass is 35.5. The van der Waals surface area contributed by atoms with Gasteiger partial charge in [0.2, 0.25) is 0 Å². The Labute approximate surface area is 208 Å². The molecule has 8 heteroatoms. The highest BCUT2D eigenvalue weighted by Crippen LogP contribution is 2.41. The van der Waals surface area contributed by atoms with E-state index in [2.05, 4.69) is 0 Å². The molecule has 0 radical (unpaired) electrons. The summed E-state index contributed by atoms with van der Waals surface area (Å²) in [4.78, 5) is 27.7. The summed E-state index contributed by atoms with van der Waals surface area (Å²) in [5.74, 6) is -0.516. The van der Waals surface area contributed by atoms with Gasteiger partial charge in [0.15, 0.2) is 0 Å². The van der Waals surface area contributed by atoms with E-state index in [0.717, 1.165) is 5.56 Å². The Balaban J connectivity index is 1.76. The zero-order valence-electron chi connectivity index (χ0n) is 19.5. The third-order valence-electron chi connectivity index (χ3n) is 5.73. The van der Waals surface area contributed by atoms with Crippen molar-refractivity contribution in [2.45, 2.75) is 26.3 Å². The maximum atomic E-state index is 13.2.